The molecule has 0 bridgehead atoms. The third kappa shape index (κ3) is 6.32. The molecule has 12 heteroatoms. The van der Waals surface area contributed by atoms with Gasteiger partial charge in [-0.1, -0.05) is 54.1 Å². The van der Waals surface area contributed by atoms with Crippen molar-refractivity contribution in [1.29, 1.82) is 0 Å². The van der Waals surface area contributed by atoms with Crippen molar-refractivity contribution < 1.29 is 23.1 Å². The minimum Gasteiger partial charge on any atom is -0.481 e. The van der Waals surface area contributed by atoms with E-state index in [4.69, 9.17) is 22.4 Å². The molecule has 0 radical (unpaired) electrons. The zero-order valence-electron chi connectivity index (χ0n) is 19.3. The maximum atomic E-state index is 12.7. The second-order valence-corrected chi connectivity index (χ2v) is 10.1. The van der Waals surface area contributed by atoms with Gasteiger partial charge in [0.15, 0.2) is 0 Å². The lowest BCUT2D eigenvalue weighted by Gasteiger charge is -2.16. The van der Waals surface area contributed by atoms with E-state index in [0.29, 0.717) is 22.0 Å². The number of sulfonamides is 1. The van der Waals surface area contributed by atoms with Crippen LogP contribution in [0, 0.1) is 0 Å². The van der Waals surface area contributed by atoms with Crippen molar-refractivity contribution in [2.45, 2.75) is 17.2 Å². The number of halogens is 1. The Morgan fingerprint density at radius 2 is 1.70 bits per heavy atom. The van der Waals surface area contributed by atoms with Gasteiger partial charge in [0, 0.05) is 16.6 Å². The molecule has 1 unspecified atom stereocenters. The van der Waals surface area contributed by atoms with Crippen LogP contribution in [0.3, 0.4) is 0 Å². The summed E-state index contributed by atoms with van der Waals surface area (Å²) in [6, 6.07) is 21.8. The van der Waals surface area contributed by atoms with E-state index >= 15 is 0 Å². The molecular formula is C25H22ClN5O5S. The SMILES string of the molecule is N/C(=N\S(=O)(=O)c1ccc(Cl)cc1)N1CC(c2ccccc2)C(c2ccc(NC(=O)CC(=O)O)cc2)=N1. The van der Waals surface area contributed by atoms with Crippen LogP contribution in [-0.4, -0.2) is 48.6 Å². The van der Waals surface area contributed by atoms with Gasteiger partial charge in [-0.2, -0.15) is 13.5 Å². The topological polar surface area (TPSA) is 155 Å². The summed E-state index contributed by atoms with van der Waals surface area (Å²) in [7, 11) is -4.09. The van der Waals surface area contributed by atoms with Crippen molar-refractivity contribution in [3.05, 3.63) is 95.0 Å². The Kier molecular flexibility index (Phi) is 7.55. The van der Waals surface area contributed by atoms with Gasteiger partial charge in [-0.25, -0.2) is 5.01 Å². The average molecular weight is 540 g/mol. The smallest absolute Gasteiger partial charge is 0.312 e. The van der Waals surface area contributed by atoms with E-state index < -0.39 is 28.3 Å². The van der Waals surface area contributed by atoms with Gasteiger partial charge in [0.05, 0.1) is 17.2 Å². The van der Waals surface area contributed by atoms with Crippen molar-refractivity contribution >= 4 is 50.9 Å². The van der Waals surface area contributed by atoms with Crippen LogP contribution in [0.1, 0.15) is 23.5 Å². The normalized spacial score (nSPS) is 15.8. The molecule has 1 atom stereocenters. The Morgan fingerprint density at radius 1 is 1.05 bits per heavy atom. The van der Waals surface area contributed by atoms with Crippen molar-refractivity contribution in [3.63, 3.8) is 0 Å². The second kappa shape index (κ2) is 10.8. The molecular weight excluding hydrogens is 518 g/mol. The molecule has 4 N–H and O–H groups in total. The van der Waals surface area contributed by atoms with Crippen molar-refractivity contribution in [2.75, 3.05) is 11.9 Å². The molecule has 1 heterocycles. The summed E-state index contributed by atoms with van der Waals surface area (Å²) in [5.41, 5.74) is 8.80. The number of anilines is 1. The summed E-state index contributed by atoms with van der Waals surface area (Å²) >= 11 is 5.85. The predicted molar refractivity (Wildman–Crippen MR) is 140 cm³/mol. The Bertz CT molecular complexity index is 1470. The van der Waals surface area contributed by atoms with Gasteiger partial charge >= 0.3 is 5.97 Å². The summed E-state index contributed by atoms with van der Waals surface area (Å²) in [6.07, 6.45) is -0.642. The number of carboxylic acid groups (broad SMARTS) is 1. The molecule has 0 aromatic heterocycles. The number of nitrogens with two attached hydrogens (primary N) is 1. The molecule has 3 aromatic carbocycles. The van der Waals surface area contributed by atoms with E-state index in [2.05, 4.69) is 14.8 Å². The van der Waals surface area contributed by atoms with E-state index in [-0.39, 0.29) is 23.3 Å². The fourth-order valence-corrected chi connectivity index (χ4v) is 4.80. The van der Waals surface area contributed by atoms with Crippen LogP contribution >= 0.6 is 11.6 Å². The third-order valence-corrected chi connectivity index (χ3v) is 7.03. The summed E-state index contributed by atoms with van der Waals surface area (Å²) in [5.74, 6) is -2.40. The number of carbonyl (C=O) groups is 2. The van der Waals surface area contributed by atoms with Gasteiger partial charge < -0.3 is 16.2 Å². The molecule has 1 aliphatic rings. The third-order valence-electron chi connectivity index (χ3n) is 5.48. The highest BCUT2D eigenvalue weighted by Gasteiger charge is 2.31. The lowest BCUT2D eigenvalue weighted by Crippen LogP contribution is -2.33. The van der Waals surface area contributed by atoms with Crippen LogP contribution in [0.2, 0.25) is 5.02 Å². The van der Waals surface area contributed by atoms with Crippen molar-refractivity contribution in [1.82, 2.24) is 5.01 Å². The first kappa shape index (κ1) is 25.9. The number of nitrogens with one attached hydrogen (secondary N) is 1. The highest BCUT2D eigenvalue weighted by molar-refractivity contribution is 7.90. The molecule has 0 saturated heterocycles. The number of carboxylic acids is 1. The Morgan fingerprint density at radius 3 is 2.32 bits per heavy atom. The zero-order chi connectivity index (χ0) is 26.6. The molecule has 10 nitrogen and oxygen atoms in total. The van der Waals surface area contributed by atoms with E-state index in [1.165, 1.54) is 29.3 Å². The highest BCUT2D eigenvalue weighted by atomic mass is 35.5. The molecule has 3 aromatic rings. The number of amides is 1. The van der Waals surface area contributed by atoms with Crippen LogP contribution in [0.25, 0.3) is 0 Å². The van der Waals surface area contributed by atoms with Gasteiger partial charge in [-0.15, -0.1) is 4.40 Å². The molecule has 0 spiro atoms. The average Bonchev–Trinajstić information content (AvgIpc) is 3.30. The van der Waals surface area contributed by atoms with Crippen LogP contribution < -0.4 is 11.1 Å². The number of hydrogen-bond acceptors (Lipinski definition) is 5. The van der Waals surface area contributed by atoms with E-state index in [0.717, 1.165) is 5.56 Å². The van der Waals surface area contributed by atoms with Crippen LogP contribution in [0.15, 0.2) is 93.3 Å². The predicted octanol–water partition coefficient (Wildman–Crippen LogP) is 3.26. The number of carbonyl (C=O) groups excluding carboxylic acids is 1. The maximum absolute atomic E-state index is 12.7. The molecule has 0 aliphatic carbocycles. The highest BCUT2D eigenvalue weighted by Crippen LogP contribution is 2.29. The minimum absolute atomic E-state index is 0.0524. The quantitative estimate of drug-likeness (QED) is 0.236. The number of hydrazone groups is 1. The fourth-order valence-electron chi connectivity index (χ4n) is 3.75. The molecule has 37 heavy (non-hydrogen) atoms. The van der Waals surface area contributed by atoms with Gasteiger partial charge in [0.2, 0.25) is 11.9 Å². The molecule has 0 saturated carbocycles. The first-order valence-corrected chi connectivity index (χ1v) is 12.8. The Balaban J connectivity index is 1.63. The van der Waals surface area contributed by atoms with Gasteiger partial charge in [0.1, 0.15) is 6.42 Å². The monoisotopic (exact) mass is 539 g/mol. The van der Waals surface area contributed by atoms with Crippen LogP contribution in [0.4, 0.5) is 5.69 Å². The van der Waals surface area contributed by atoms with Gasteiger partial charge in [-0.3, -0.25) is 9.59 Å². The maximum Gasteiger partial charge on any atom is 0.312 e. The molecule has 0 fully saturated rings. The largest absolute Gasteiger partial charge is 0.481 e. The Labute approximate surface area is 218 Å². The first-order chi connectivity index (χ1) is 17.6. The first-order valence-electron chi connectivity index (χ1n) is 11.0. The number of rotatable bonds is 7. The number of guanidine groups is 1. The van der Waals surface area contributed by atoms with E-state index in [1.807, 2.05) is 30.3 Å². The Hall–Kier alpha value is -4.22. The second-order valence-electron chi connectivity index (χ2n) is 8.11. The van der Waals surface area contributed by atoms with Gasteiger partial charge in [0.25, 0.3) is 10.0 Å². The van der Waals surface area contributed by atoms with Crippen molar-refractivity contribution in [3.8, 4) is 0 Å². The zero-order valence-corrected chi connectivity index (χ0v) is 20.9. The van der Waals surface area contributed by atoms with Gasteiger partial charge in [-0.05, 0) is 47.5 Å². The number of benzene rings is 3. The fraction of sp³-hybridized carbons (Fsp3) is 0.120. The molecule has 190 valence electrons. The number of nitrogens with zero attached hydrogens (tertiary/aromatic N) is 3. The molecule has 1 aliphatic heterocycles. The summed E-state index contributed by atoms with van der Waals surface area (Å²) < 4.78 is 29.3. The van der Waals surface area contributed by atoms with E-state index in [1.54, 1.807) is 24.3 Å². The minimum atomic E-state index is -4.09. The lowest BCUT2D eigenvalue weighted by molar-refractivity contribution is -0.139. The van der Waals surface area contributed by atoms with Crippen LogP contribution in [0.5, 0.6) is 0 Å². The summed E-state index contributed by atoms with van der Waals surface area (Å²) in [4.78, 5) is 22.4. The summed E-state index contributed by atoms with van der Waals surface area (Å²) in [5, 5.41) is 17.6. The molecule has 4 rings (SSSR count). The van der Waals surface area contributed by atoms with Crippen LogP contribution in [-0.2, 0) is 19.6 Å². The molecule has 1 amide bonds. The number of hydrogen-bond donors (Lipinski definition) is 3. The lowest BCUT2D eigenvalue weighted by atomic mass is 9.90. The number of aliphatic carboxylic acids is 1. The van der Waals surface area contributed by atoms with E-state index in [9.17, 15) is 18.0 Å². The van der Waals surface area contributed by atoms with Crippen molar-refractivity contribution in [2.24, 2.45) is 15.2 Å². The summed E-state index contributed by atoms with van der Waals surface area (Å²) in [6.45, 7) is 0.252. The standard InChI is InChI=1S/C25H22ClN5O5S/c26-18-8-12-20(13-9-18)37(35,36)30-25(27)31-15-21(16-4-2-1-3-5-16)24(29-31)17-6-10-19(11-7-17)28-22(32)14-23(33)34/h1-13,21H,14-15H2,(H2,27,30)(H,28,32)(H,33,34).